The van der Waals surface area contributed by atoms with E-state index in [0.29, 0.717) is 5.92 Å². The van der Waals surface area contributed by atoms with Gasteiger partial charge in [-0.2, -0.15) is 23.5 Å². The summed E-state index contributed by atoms with van der Waals surface area (Å²) in [5, 5.41) is 0.806. The monoisotopic (exact) mass is 275 g/mol. The summed E-state index contributed by atoms with van der Waals surface area (Å²) >= 11 is 4.21. The lowest BCUT2D eigenvalue weighted by molar-refractivity contribution is -0.0805. The number of nitrogens with two attached hydrogens (primary N) is 1. The van der Waals surface area contributed by atoms with Gasteiger partial charge in [0.15, 0.2) is 0 Å². The van der Waals surface area contributed by atoms with E-state index in [1.807, 2.05) is 0 Å². The van der Waals surface area contributed by atoms with Crippen LogP contribution < -0.4 is 5.73 Å². The third-order valence-electron chi connectivity index (χ3n) is 3.87. The molecule has 0 aromatic heterocycles. The molecule has 2 atom stereocenters. The zero-order chi connectivity index (χ0) is 12.1. The standard InChI is InChI=1S/C13H25NOS2/c1-11(9-14)10-17-12-2-5-15-13(8-12)3-6-16-7-4-13/h11-12H,2-10,14H2,1H3. The zero-order valence-corrected chi connectivity index (χ0v) is 12.5. The molecule has 0 aromatic carbocycles. The Kier molecular flexibility index (Phi) is 5.52. The van der Waals surface area contributed by atoms with Crippen LogP contribution in [0.15, 0.2) is 0 Å². The minimum absolute atomic E-state index is 0.243. The van der Waals surface area contributed by atoms with Gasteiger partial charge in [0, 0.05) is 11.9 Å². The van der Waals surface area contributed by atoms with Gasteiger partial charge in [-0.05, 0) is 55.4 Å². The maximum absolute atomic E-state index is 6.12. The first kappa shape index (κ1) is 14.0. The normalized spacial score (nSPS) is 30.4. The summed E-state index contributed by atoms with van der Waals surface area (Å²) in [5.74, 6) is 4.44. The third-order valence-corrected chi connectivity index (χ3v) is 6.49. The van der Waals surface area contributed by atoms with Crippen LogP contribution in [0.4, 0.5) is 0 Å². The summed E-state index contributed by atoms with van der Waals surface area (Å²) < 4.78 is 6.12. The number of hydrogen-bond donors (Lipinski definition) is 1. The summed E-state index contributed by atoms with van der Waals surface area (Å²) in [6.45, 7) is 4.04. The fraction of sp³-hybridized carbons (Fsp3) is 1.00. The second kappa shape index (κ2) is 6.69. The molecular formula is C13H25NOS2. The van der Waals surface area contributed by atoms with Crippen LogP contribution in [0.1, 0.15) is 32.6 Å². The van der Waals surface area contributed by atoms with Gasteiger partial charge < -0.3 is 10.5 Å². The van der Waals surface area contributed by atoms with Crippen molar-refractivity contribution >= 4 is 23.5 Å². The third kappa shape index (κ3) is 4.05. The Bertz CT molecular complexity index is 226. The van der Waals surface area contributed by atoms with Crippen LogP contribution >= 0.6 is 23.5 Å². The van der Waals surface area contributed by atoms with Crippen molar-refractivity contribution in [1.29, 1.82) is 0 Å². The van der Waals surface area contributed by atoms with Crippen molar-refractivity contribution in [2.24, 2.45) is 11.7 Å². The molecule has 0 amide bonds. The predicted octanol–water partition coefficient (Wildman–Crippen LogP) is 2.76. The SMILES string of the molecule is CC(CN)CSC1CCOC2(CCSCC2)C1. The zero-order valence-electron chi connectivity index (χ0n) is 10.8. The molecule has 2 nitrogen and oxygen atoms in total. The fourth-order valence-electron chi connectivity index (χ4n) is 2.59. The van der Waals surface area contributed by atoms with Crippen molar-refractivity contribution < 1.29 is 4.74 Å². The molecule has 2 aliphatic heterocycles. The van der Waals surface area contributed by atoms with Crippen LogP contribution in [0.2, 0.25) is 0 Å². The van der Waals surface area contributed by atoms with Gasteiger partial charge in [-0.1, -0.05) is 6.92 Å². The minimum atomic E-state index is 0.243. The highest BCUT2D eigenvalue weighted by atomic mass is 32.2. The first-order valence-electron chi connectivity index (χ1n) is 6.77. The number of rotatable bonds is 4. The Morgan fingerprint density at radius 2 is 2.24 bits per heavy atom. The van der Waals surface area contributed by atoms with Crippen LogP contribution in [0.25, 0.3) is 0 Å². The van der Waals surface area contributed by atoms with E-state index in [4.69, 9.17) is 10.5 Å². The van der Waals surface area contributed by atoms with Crippen LogP contribution in [-0.2, 0) is 4.74 Å². The summed E-state index contributed by atoms with van der Waals surface area (Å²) in [6.07, 6.45) is 5.04. The molecule has 2 saturated heterocycles. The Hall–Kier alpha value is 0.620. The second-order valence-electron chi connectivity index (χ2n) is 5.43. The summed E-state index contributed by atoms with van der Waals surface area (Å²) in [4.78, 5) is 0. The van der Waals surface area contributed by atoms with Crippen molar-refractivity contribution in [3.63, 3.8) is 0 Å². The maximum Gasteiger partial charge on any atom is 0.0708 e. The molecule has 2 rings (SSSR count). The highest BCUT2D eigenvalue weighted by molar-refractivity contribution is 8.00. The van der Waals surface area contributed by atoms with Crippen molar-refractivity contribution in [2.45, 2.75) is 43.5 Å². The number of thioether (sulfide) groups is 2. The average molecular weight is 275 g/mol. The minimum Gasteiger partial charge on any atom is -0.375 e. The molecule has 17 heavy (non-hydrogen) atoms. The van der Waals surface area contributed by atoms with E-state index < -0.39 is 0 Å². The van der Waals surface area contributed by atoms with E-state index in [1.54, 1.807) is 0 Å². The van der Waals surface area contributed by atoms with E-state index in [2.05, 4.69) is 30.4 Å². The highest BCUT2D eigenvalue weighted by Crippen LogP contribution is 2.41. The largest absolute Gasteiger partial charge is 0.375 e. The number of hydrogen-bond acceptors (Lipinski definition) is 4. The Labute approximate surface area is 114 Å². The Morgan fingerprint density at radius 3 is 2.94 bits per heavy atom. The van der Waals surface area contributed by atoms with E-state index in [9.17, 15) is 0 Å². The fourth-order valence-corrected chi connectivity index (χ4v) is 5.24. The predicted molar refractivity (Wildman–Crippen MR) is 78.9 cm³/mol. The van der Waals surface area contributed by atoms with E-state index >= 15 is 0 Å². The van der Waals surface area contributed by atoms with Crippen LogP contribution in [-0.4, -0.2) is 41.3 Å². The summed E-state index contributed by atoms with van der Waals surface area (Å²) in [6, 6.07) is 0. The maximum atomic E-state index is 6.12. The van der Waals surface area contributed by atoms with Crippen LogP contribution in [0.3, 0.4) is 0 Å². The van der Waals surface area contributed by atoms with Gasteiger partial charge in [-0.25, -0.2) is 0 Å². The van der Waals surface area contributed by atoms with Crippen molar-refractivity contribution in [1.82, 2.24) is 0 Å². The van der Waals surface area contributed by atoms with Gasteiger partial charge in [0.2, 0.25) is 0 Å². The first-order valence-corrected chi connectivity index (χ1v) is 8.98. The molecule has 0 aromatic rings. The lowest BCUT2D eigenvalue weighted by atomic mass is 9.88. The quantitative estimate of drug-likeness (QED) is 0.856. The Morgan fingerprint density at radius 1 is 1.47 bits per heavy atom. The number of ether oxygens (including phenoxy) is 1. The molecule has 0 bridgehead atoms. The van der Waals surface area contributed by atoms with Crippen LogP contribution in [0, 0.1) is 5.92 Å². The summed E-state index contributed by atoms with van der Waals surface area (Å²) in [7, 11) is 0. The molecule has 0 aliphatic carbocycles. The summed E-state index contributed by atoms with van der Waals surface area (Å²) in [5.41, 5.74) is 5.93. The van der Waals surface area contributed by atoms with Gasteiger partial charge in [0.1, 0.15) is 0 Å². The topological polar surface area (TPSA) is 35.2 Å². The molecule has 0 radical (unpaired) electrons. The van der Waals surface area contributed by atoms with Crippen molar-refractivity contribution in [3.8, 4) is 0 Å². The Balaban J connectivity index is 1.79. The lowest BCUT2D eigenvalue weighted by Gasteiger charge is -2.43. The van der Waals surface area contributed by atoms with Gasteiger partial charge in [-0.15, -0.1) is 0 Å². The van der Waals surface area contributed by atoms with Gasteiger partial charge in [-0.3, -0.25) is 0 Å². The molecule has 2 fully saturated rings. The first-order chi connectivity index (χ1) is 8.24. The smallest absolute Gasteiger partial charge is 0.0708 e. The molecule has 2 unspecified atom stereocenters. The molecule has 0 saturated carbocycles. The molecule has 1 spiro atoms. The molecular weight excluding hydrogens is 250 g/mol. The molecule has 4 heteroatoms. The van der Waals surface area contributed by atoms with Crippen molar-refractivity contribution in [3.05, 3.63) is 0 Å². The van der Waals surface area contributed by atoms with E-state index in [0.717, 1.165) is 18.4 Å². The average Bonchev–Trinajstić information content (AvgIpc) is 2.37. The second-order valence-corrected chi connectivity index (χ2v) is 7.99. The highest BCUT2D eigenvalue weighted by Gasteiger charge is 2.38. The van der Waals surface area contributed by atoms with Gasteiger partial charge in [0.05, 0.1) is 5.60 Å². The molecule has 2 heterocycles. The van der Waals surface area contributed by atoms with Gasteiger partial charge >= 0.3 is 0 Å². The van der Waals surface area contributed by atoms with Crippen molar-refractivity contribution in [2.75, 3.05) is 30.4 Å². The van der Waals surface area contributed by atoms with Crippen LogP contribution in [0.5, 0.6) is 0 Å². The van der Waals surface area contributed by atoms with E-state index in [-0.39, 0.29) is 5.60 Å². The molecule has 2 aliphatic rings. The van der Waals surface area contributed by atoms with Gasteiger partial charge in [0.25, 0.3) is 0 Å². The molecule has 100 valence electrons. The molecule has 2 N–H and O–H groups in total. The lowest BCUT2D eigenvalue weighted by Crippen LogP contribution is -2.43. The van der Waals surface area contributed by atoms with E-state index in [1.165, 1.54) is 42.9 Å².